The minimum Gasteiger partial charge on any atom is -1.00 e. The molecule has 1 rings (SSSR count). The Hall–Kier alpha value is -0.530. The molecule has 2 heteroatoms. The molecule has 1 nitrogen and oxygen atoms in total. The molecule has 0 spiro atoms. The first-order valence-corrected chi connectivity index (χ1v) is 5.47. The molecule has 0 amide bonds. The maximum absolute atomic E-state index is 3.96. The average molecular weight is 228 g/mol. The molecule has 86 valence electrons. The van der Waals surface area contributed by atoms with Gasteiger partial charge >= 0.3 is 0 Å². The van der Waals surface area contributed by atoms with Crippen molar-refractivity contribution in [2.24, 2.45) is 0 Å². The van der Waals surface area contributed by atoms with Crippen molar-refractivity contribution in [3.8, 4) is 0 Å². The van der Waals surface area contributed by atoms with Crippen LogP contribution in [0.4, 0.5) is 0 Å². The van der Waals surface area contributed by atoms with Crippen molar-refractivity contribution in [2.45, 2.75) is 46.1 Å². The molecule has 1 aromatic carbocycles. The van der Waals surface area contributed by atoms with Crippen molar-refractivity contribution in [1.82, 2.24) is 0 Å². The maximum atomic E-state index is 3.96. The first-order valence-electron chi connectivity index (χ1n) is 5.47. The first-order chi connectivity index (χ1) is 6.54. The Balaban J connectivity index is 0.00000196. The van der Waals surface area contributed by atoms with E-state index in [2.05, 4.69) is 51.6 Å². The highest BCUT2D eigenvalue weighted by atomic mass is 35.5. The Labute approximate surface area is 99.5 Å². The van der Waals surface area contributed by atoms with Crippen molar-refractivity contribution in [3.63, 3.8) is 0 Å². The van der Waals surface area contributed by atoms with Crippen LogP contribution < -0.4 is 18.1 Å². The average Bonchev–Trinajstić information content (AvgIpc) is 2.16. The van der Waals surface area contributed by atoms with E-state index >= 15 is 0 Å². The molecule has 0 heterocycles. The van der Waals surface area contributed by atoms with Crippen LogP contribution in [0.2, 0.25) is 0 Å². The summed E-state index contributed by atoms with van der Waals surface area (Å²) >= 11 is 0. The molecule has 1 aromatic rings. The zero-order valence-electron chi connectivity index (χ0n) is 10.2. The fourth-order valence-electron chi connectivity index (χ4n) is 1.56. The highest BCUT2D eigenvalue weighted by Crippen LogP contribution is 2.22. The second kappa shape index (κ2) is 6.14. The van der Waals surface area contributed by atoms with Gasteiger partial charge in [0.25, 0.3) is 0 Å². The first kappa shape index (κ1) is 14.5. The largest absolute Gasteiger partial charge is 1.00 e. The third kappa shape index (κ3) is 3.84. The molecule has 3 N–H and O–H groups in total. The zero-order chi connectivity index (χ0) is 10.7. The van der Waals surface area contributed by atoms with Crippen LogP contribution in [0, 0.1) is 0 Å². The van der Waals surface area contributed by atoms with E-state index in [1.54, 1.807) is 0 Å². The van der Waals surface area contributed by atoms with Crippen LogP contribution in [0.15, 0.2) is 18.2 Å². The van der Waals surface area contributed by atoms with Gasteiger partial charge in [0.1, 0.15) is 0 Å². The molecule has 15 heavy (non-hydrogen) atoms. The lowest BCUT2D eigenvalue weighted by Gasteiger charge is -2.12. The Morgan fingerprint density at radius 2 is 1.33 bits per heavy atom. The third-order valence-corrected chi connectivity index (χ3v) is 2.66. The van der Waals surface area contributed by atoms with Gasteiger partial charge in [0.15, 0.2) is 0 Å². The van der Waals surface area contributed by atoms with Crippen molar-refractivity contribution in [2.75, 3.05) is 0 Å². The topological polar surface area (TPSA) is 27.6 Å². The van der Waals surface area contributed by atoms with Crippen LogP contribution in [-0.2, 0) is 6.54 Å². The van der Waals surface area contributed by atoms with Gasteiger partial charge in [-0.2, -0.15) is 0 Å². The molecule has 0 bridgehead atoms. The lowest BCUT2D eigenvalue weighted by molar-refractivity contribution is -0.386. The molecule has 0 aliphatic carbocycles. The minimum atomic E-state index is 0. The zero-order valence-corrected chi connectivity index (χ0v) is 10.9. The van der Waals surface area contributed by atoms with E-state index in [0.717, 1.165) is 6.54 Å². The van der Waals surface area contributed by atoms with Crippen molar-refractivity contribution in [3.05, 3.63) is 34.9 Å². The van der Waals surface area contributed by atoms with Crippen LogP contribution >= 0.6 is 0 Å². The number of benzene rings is 1. The van der Waals surface area contributed by atoms with Crippen molar-refractivity contribution >= 4 is 0 Å². The summed E-state index contributed by atoms with van der Waals surface area (Å²) in [6.07, 6.45) is 0. The van der Waals surface area contributed by atoms with Gasteiger partial charge in [-0.3, -0.25) is 0 Å². The lowest BCUT2D eigenvalue weighted by Crippen LogP contribution is -3.00. The number of rotatable bonds is 3. The summed E-state index contributed by atoms with van der Waals surface area (Å²) in [6.45, 7) is 9.86. The van der Waals surface area contributed by atoms with E-state index in [-0.39, 0.29) is 12.4 Å². The number of hydrogen-bond acceptors (Lipinski definition) is 0. The second-order valence-electron chi connectivity index (χ2n) is 4.57. The van der Waals surface area contributed by atoms with Gasteiger partial charge < -0.3 is 18.1 Å². The summed E-state index contributed by atoms with van der Waals surface area (Å²) in [5.41, 5.74) is 8.20. The van der Waals surface area contributed by atoms with Crippen LogP contribution in [0.25, 0.3) is 0 Å². The van der Waals surface area contributed by atoms with E-state index in [0.29, 0.717) is 11.8 Å². The molecule has 0 aliphatic heterocycles. The summed E-state index contributed by atoms with van der Waals surface area (Å²) in [4.78, 5) is 0. The van der Waals surface area contributed by atoms with Gasteiger partial charge in [-0.05, 0) is 35.1 Å². The molecule has 0 unspecified atom stereocenters. The van der Waals surface area contributed by atoms with Crippen molar-refractivity contribution in [1.29, 1.82) is 0 Å². The Kier molecular flexibility index (Phi) is 5.92. The molecule has 0 atom stereocenters. The standard InChI is InChI=1S/C13H21N.ClH/c1-9(2)12-5-11(8-14)6-13(7-12)10(3)4;/h5-7,9-10H,8,14H2,1-4H3;1H. The fourth-order valence-corrected chi connectivity index (χ4v) is 1.56. The maximum Gasteiger partial charge on any atom is 0.0997 e. The molecule has 0 saturated heterocycles. The molecular weight excluding hydrogens is 206 g/mol. The van der Waals surface area contributed by atoms with E-state index in [1.807, 2.05) is 0 Å². The van der Waals surface area contributed by atoms with Crippen LogP contribution in [0.3, 0.4) is 0 Å². The fraction of sp³-hybridized carbons (Fsp3) is 0.538. The highest BCUT2D eigenvalue weighted by Gasteiger charge is 2.06. The summed E-state index contributed by atoms with van der Waals surface area (Å²) in [7, 11) is 0. The smallest absolute Gasteiger partial charge is 0.0997 e. The number of hydrogen-bond donors (Lipinski definition) is 1. The van der Waals surface area contributed by atoms with Gasteiger partial charge in [0, 0.05) is 5.56 Å². The predicted octanol–water partition coefficient (Wildman–Crippen LogP) is -0.321. The van der Waals surface area contributed by atoms with Gasteiger partial charge in [-0.1, -0.05) is 33.8 Å². The Bertz CT molecular complexity index is 279. The summed E-state index contributed by atoms with van der Waals surface area (Å²) < 4.78 is 0. The van der Waals surface area contributed by atoms with Crippen LogP contribution in [-0.4, -0.2) is 0 Å². The number of halogens is 1. The monoisotopic (exact) mass is 227 g/mol. The molecule has 0 aromatic heterocycles. The van der Waals surface area contributed by atoms with E-state index in [1.165, 1.54) is 16.7 Å². The van der Waals surface area contributed by atoms with Gasteiger partial charge in [-0.15, -0.1) is 0 Å². The van der Waals surface area contributed by atoms with Gasteiger partial charge in [-0.25, -0.2) is 0 Å². The SMILES string of the molecule is CC(C)c1cc(C[NH3+])cc(C(C)C)c1.[Cl-]. The van der Waals surface area contributed by atoms with Crippen molar-refractivity contribution < 1.29 is 18.1 Å². The molecule has 0 fully saturated rings. The van der Waals surface area contributed by atoms with Crippen LogP contribution in [0.5, 0.6) is 0 Å². The molecular formula is C13H22ClN. The lowest BCUT2D eigenvalue weighted by atomic mass is 9.93. The third-order valence-electron chi connectivity index (χ3n) is 2.66. The van der Waals surface area contributed by atoms with Crippen LogP contribution in [0.1, 0.15) is 56.2 Å². The number of quaternary nitrogens is 1. The highest BCUT2D eigenvalue weighted by molar-refractivity contribution is 5.33. The molecule has 0 radical (unpaired) electrons. The quantitative estimate of drug-likeness (QED) is 0.733. The van der Waals surface area contributed by atoms with Gasteiger partial charge in [0.2, 0.25) is 0 Å². The van der Waals surface area contributed by atoms with Gasteiger partial charge in [0.05, 0.1) is 6.54 Å². The minimum absolute atomic E-state index is 0. The van der Waals surface area contributed by atoms with E-state index in [4.69, 9.17) is 0 Å². The summed E-state index contributed by atoms with van der Waals surface area (Å²) in [5, 5.41) is 0. The predicted molar refractivity (Wildman–Crippen MR) is 61.2 cm³/mol. The Morgan fingerprint density at radius 3 is 1.60 bits per heavy atom. The molecule has 0 aliphatic rings. The summed E-state index contributed by atoms with van der Waals surface area (Å²) in [5.74, 6) is 1.22. The van der Waals surface area contributed by atoms with E-state index < -0.39 is 0 Å². The second-order valence-corrected chi connectivity index (χ2v) is 4.57. The molecule has 0 saturated carbocycles. The Morgan fingerprint density at radius 1 is 0.933 bits per heavy atom. The normalized spacial score (nSPS) is 10.6. The van der Waals surface area contributed by atoms with E-state index in [9.17, 15) is 0 Å². The summed E-state index contributed by atoms with van der Waals surface area (Å²) in [6, 6.07) is 6.89.